The number of hydrogen-bond donors (Lipinski definition) is 1. The Morgan fingerprint density at radius 1 is 0.929 bits per heavy atom. The second kappa shape index (κ2) is 11.5. The zero-order valence-electron chi connectivity index (χ0n) is 24.8. The van der Waals surface area contributed by atoms with Crippen molar-refractivity contribution in [2.75, 3.05) is 0 Å². The van der Waals surface area contributed by atoms with Crippen LogP contribution in [0.5, 0.6) is 5.75 Å². The molecule has 1 atom stereocenters. The Labute approximate surface area is 246 Å². The van der Waals surface area contributed by atoms with Crippen molar-refractivity contribution < 1.29 is 28.3 Å². The van der Waals surface area contributed by atoms with E-state index < -0.39 is 23.7 Å². The van der Waals surface area contributed by atoms with Crippen molar-refractivity contribution in [2.24, 2.45) is 5.16 Å². The molecule has 1 amide bonds. The Morgan fingerprint density at radius 2 is 1.67 bits per heavy atom. The standard InChI is InChI=1S/C34H40N2O6/c1-33(2,3)41-32(38)35-29(22-12-6-4-7-13-22)31(37)42-36-30-25-15-9-8-14-24(25)26-20-23-16-19-34(17-10-5-11-18-34)40-27(23)21-28(26)39-30/h4,6-7,12-13,20-21,29H,5,8-11,14-19H2,1-3H3,(H,35,38)/b36-30-/t29-/m1/s1. The SMILES string of the molecule is CC(C)(C)OC(=O)N[C@@H](C(=O)O/N=c1\oc2cc3c(cc2c2c1CCCC2)CCC1(CCCCC1)O3)c1ccccc1. The van der Waals surface area contributed by atoms with Gasteiger partial charge in [-0.1, -0.05) is 36.8 Å². The molecular formula is C34H40N2O6. The van der Waals surface area contributed by atoms with E-state index in [2.05, 4.69) is 16.5 Å². The summed E-state index contributed by atoms with van der Waals surface area (Å²) in [6, 6.07) is 12.0. The summed E-state index contributed by atoms with van der Waals surface area (Å²) in [5, 5.41) is 7.97. The third kappa shape index (κ3) is 6.03. The first-order chi connectivity index (χ1) is 20.2. The van der Waals surface area contributed by atoms with Crippen LogP contribution in [-0.4, -0.2) is 23.3 Å². The summed E-state index contributed by atoms with van der Waals surface area (Å²) in [4.78, 5) is 31.4. The number of rotatable bonds is 4. The van der Waals surface area contributed by atoms with Crippen molar-refractivity contribution in [1.29, 1.82) is 0 Å². The molecule has 1 fully saturated rings. The Bertz CT molecular complexity index is 1550. The lowest BCUT2D eigenvalue weighted by Crippen LogP contribution is -2.41. The zero-order valence-corrected chi connectivity index (χ0v) is 24.8. The highest BCUT2D eigenvalue weighted by molar-refractivity contribution is 5.85. The van der Waals surface area contributed by atoms with Gasteiger partial charge in [0, 0.05) is 17.0 Å². The summed E-state index contributed by atoms with van der Waals surface area (Å²) in [7, 11) is 0. The predicted octanol–water partition coefficient (Wildman–Crippen LogP) is 6.96. The maximum absolute atomic E-state index is 13.4. The normalized spacial score (nSPS) is 18.9. The number of nitrogens with zero attached hydrogens (tertiary/aromatic N) is 1. The molecule has 0 unspecified atom stereocenters. The number of ether oxygens (including phenoxy) is 2. The minimum absolute atomic E-state index is 0.0660. The molecule has 3 aromatic rings. The van der Waals surface area contributed by atoms with Gasteiger partial charge in [-0.25, -0.2) is 9.59 Å². The van der Waals surface area contributed by atoms with Crippen LogP contribution in [0.2, 0.25) is 0 Å². The predicted molar refractivity (Wildman–Crippen MR) is 158 cm³/mol. The maximum Gasteiger partial charge on any atom is 0.408 e. The lowest BCUT2D eigenvalue weighted by atomic mass is 9.78. The summed E-state index contributed by atoms with van der Waals surface area (Å²) >= 11 is 0. The molecule has 42 heavy (non-hydrogen) atoms. The molecule has 8 nitrogen and oxygen atoms in total. The number of alkyl carbamates (subject to hydrolysis) is 1. The highest BCUT2D eigenvalue weighted by atomic mass is 16.7. The molecular weight excluding hydrogens is 532 g/mol. The fourth-order valence-electron chi connectivity index (χ4n) is 6.58. The molecule has 1 saturated carbocycles. The summed E-state index contributed by atoms with van der Waals surface area (Å²) in [6.45, 7) is 5.29. The molecule has 6 rings (SSSR count). The number of carbonyl (C=O) groups excluding carboxylic acids is 2. The van der Waals surface area contributed by atoms with Crippen molar-refractivity contribution in [3.8, 4) is 5.75 Å². The maximum atomic E-state index is 13.4. The summed E-state index contributed by atoms with van der Waals surface area (Å²) in [5.74, 6) is 0.156. The van der Waals surface area contributed by atoms with Crippen molar-refractivity contribution in [1.82, 2.24) is 5.32 Å². The molecule has 0 radical (unpaired) electrons. The number of hydrogen-bond acceptors (Lipinski definition) is 7. The van der Waals surface area contributed by atoms with Crippen molar-refractivity contribution >= 4 is 23.0 Å². The summed E-state index contributed by atoms with van der Waals surface area (Å²) < 4.78 is 18.4. The second-order valence-electron chi connectivity index (χ2n) is 12.9. The molecule has 222 valence electrons. The molecule has 3 aliphatic rings. The van der Waals surface area contributed by atoms with E-state index in [1.165, 1.54) is 30.4 Å². The summed E-state index contributed by atoms with van der Waals surface area (Å²) in [6.07, 6.45) is 11.0. The van der Waals surface area contributed by atoms with E-state index >= 15 is 0 Å². The van der Waals surface area contributed by atoms with Gasteiger partial charge in [-0.2, -0.15) is 0 Å². The first-order valence-electron chi connectivity index (χ1n) is 15.3. The zero-order chi connectivity index (χ0) is 29.3. The molecule has 8 heteroatoms. The highest BCUT2D eigenvalue weighted by Gasteiger charge is 2.38. The number of benzene rings is 2. The largest absolute Gasteiger partial charge is 0.487 e. The molecule has 0 bridgehead atoms. The molecule has 1 spiro atoms. The lowest BCUT2D eigenvalue weighted by Gasteiger charge is -2.41. The van der Waals surface area contributed by atoms with Gasteiger partial charge in [-0.05, 0) is 113 Å². The van der Waals surface area contributed by atoms with Crippen molar-refractivity contribution in [3.05, 3.63) is 70.3 Å². The summed E-state index contributed by atoms with van der Waals surface area (Å²) in [5.41, 5.74) is 4.15. The van der Waals surface area contributed by atoms with Crippen LogP contribution in [0.1, 0.15) is 100 Å². The molecule has 1 N–H and O–H groups in total. The van der Waals surface area contributed by atoms with E-state index in [-0.39, 0.29) is 11.2 Å². The van der Waals surface area contributed by atoms with Crippen molar-refractivity contribution in [3.63, 3.8) is 0 Å². The Balaban J connectivity index is 1.33. The minimum atomic E-state index is -1.10. The van der Waals surface area contributed by atoms with E-state index in [9.17, 15) is 9.59 Å². The fourth-order valence-corrected chi connectivity index (χ4v) is 6.58. The Morgan fingerprint density at radius 3 is 2.40 bits per heavy atom. The molecule has 2 aromatic carbocycles. The van der Waals surface area contributed by atoms with Crippen LogP contribution in [0.25, 0.3) is 11.0 Å². The van der Waals surface area contributed by atoms with Gasteiger partial charge in [0.05, 0.1) is 0 Å². The topological polar surface area (TPSA) is 99.4 Å². The molecule has 1 aromatic heterocycles. The quantitative estimate of drug-likeness (QED) is 0.268. The van der Waals surface area contributed by atoms with Crippen LogP contribution < -0.4 is 15.6 Å². The second-order valence-corrected chi connectivity index (χ2v) is 12.9. The molecule has 0 saturated heterocycles. The first-order valence-corrected chi connectivity index (χ1v) is 15.3. The van der Waals surface area contributed by atoms with Gasteiger partial charge in [0.25, 0.3) is 5.55 Å². The van der Waals surface area contributed by atoms with Gasteiger partial charge >= 0.3 is 12.1 Å². The van der Waals surface area contributed by atoms with E-state index in [4.69, 9.17) is 18.7 Å². The third-order valence-corrected chi connectivity index (χ3v) is 8.61. The number of aryl methyl sites for hydroxylation is 2. The average Bonchev–Trinajstić information content (AvgIpc) is 2.97. The van der Waals surface area contributed by atoms with Crippen LogP contribution in [-0.2, 0) is 33.6 Å². The van der Waals surface area contributed by atoms with Gasteiger partial charge in [0.15, 0.2) is 6.04 Å². The van der Waals surface area contributed by atoms with Gasteiger partial charge in [-0.15, -0.1) is 0 Å². The average molecular weight is 573 g/mol. The van der Waals surface area contributed by atoms with Crippen LogP contribution >= 0.6 is 0 Å². The van der Waals surface area contributed by atoms with Crippen molar-refractivity contribution in [2.45, 2.75) is 109 Å². The molecule has 1 aliphatic heterocycles. The van der Waals surface area contributed by atoms with Crippen LogP contribution in [0.4, 0.5) is 4.79 Å². The minimum Gasteiger partial charge on any atom is -0.487 e. The number of fused-ring (bicyclic) bond motifs is 4. The third-order valence-electron chi connectivity index (χ3n) is 8.61. The number of amides is 1. The monoisotopic (exact) mass is 572 g/mol. The highest BCUT2D eigenvalue weighted by Crippen LogP contribution is 2.43. The van der Waals surface area contributed by atoms with E-state index in [0.717, 1.165) is 68.1 Å². The Hall–Kier alpha value is -3.81. The van der Waals surface area contributed by atoms with Crippen LogP contribution in [0, 0.1) is 0 Å². The van der Waals surface area contributed by atoms with E-state index in [1.807, 2.05) is 12.1 Å². The van der Waals surface area contributed by atoms with E-state index in [1.54, 1.807) is 45.0 Å². The number of nitrogens with one attached hydrogen (secondary N) is 1. The van der Waals surface area contributed by atoms with E-state index in [0.29, 0.717) is 11.1 Å². The lowest BCUT2D eigenvalue weighted by molar-refractivity contribution is -0.147. The van der Waals surface area contributed by atoms with Crippen LogP contribution in [0.15, 0.2) is 52.0 Å². The van der Waals surface area contributed by atoms with Crippen LogP contribution in [0.3, 0.4) is 0 Å². The smallest absolute Gasteiger partial charge is 0.408 e. The van der Waals surface area contributed by atoms with Gasteiger partial charge in [-0.3, -0.25) is 0 Å². The molecule has 2 aliphatic carbocycles. The number of carbonyl (C=O) groups is 2. The van der Waals surface area contributed by atoms with Gasteiger partial charge in [0.2, 0.25) is 0 Å². The van der Waals surface area contributed by atoms with Gasteiger partial charge < -0.3 is 24.0 Å². The fraction of sp³-hybridized carbons (Fsp3) is 0.500. The first kappa shape index (κ1) is 28.3. The van der Waals surface area contributed by atoms with Gasteiger partial charge in [0.1, 0.15) is 22.5 Å². The molecule has 2 heterocycles. The Kier molecular flexibility index (Phi) is 7.73.